The van der Waals surface area contributed by atoms with Gasteiger partial charge in [0.2, 0.25) is 0 Å². The van der Waals surface area contributed by atoms with Gasteiger partial charge < -0.3 is 9.84 Å². The summed E-state index contributed by atoms with van der Waals surface area (Å²) < 4.78 is 5.64. The summed E-state index contributed by atoms with van der Waals surface area (Å²) in [6, 6.07) is 8.70. The number of hydrogen-bond donors (Lipinski definition) is 1. The number of aromatic nitrogens is 1. The molecule has 2 aromatic rings. The standard InChI is InChI=1S/C15H14ClNO3/c1-2-11-8-12(3-4-13(11)16)20-9-10-5-6-17-14(7-10)15(18)19/h3-8H,2,9H2,1H3,(H,18,19). The minimum absolute atomic E-state index is 0.0106. The van der Waals surface area contributed by atoms with Crippen molar-refractivity contribution in [1.29, 1.82) is 0 Å². The van der Waals surface area contributed by atoms with Crippen LogP contribution in [0.15, 0.2) is 36.5 Å². The maximum atomic E-state index is 10.8. The van der Waals surface area contributed by atoms with Gasteiger partial charge in [0.15, 0.2) is 0 Å². The van der Waals surface area contributed by atoms with Gasteiger partial charge in [-0.25, -0.2) is 9.78 Å². The van der Waals surface area contributed by atoms with E-state index in [2.05, 4.69) is 4.98 Å². The van der Waals surface area contributed by atoms with Gasteiger partial charge in [-0.15, -0.1) is 0 Å². The number of benzene rings is 1. The third-order valence-corrected chi connectivity index (χ3v) is 3.22. The zero-order chi connectivity index (χ0) is 14.5. The summed E-state index contributed by atoms with van der Waals surface area (Å²) in [7, 11) is 0. The van der Waals surface area contributed by atoms with Crippen LogP contribution in [0.1, 0.15) is 28.5 Å². The van der Waals surface area contributed by atoms with Crippen molar-refractivity contribution in [3.63, 3.8) is 0 Å². The third kappa shape index (κ3) is 3.48. The predicted octanol–water partition coefficient (Wildman–Crippen LogP) is 3.57. The number of hydrogen-bond acceptors (Lipinski definition) is 3. The Balaban J connectivity index is 2.08. The highest BCUT2D eigenvalue weighted by molar-refractivity contribution is 6.31. The van der Waals surface area contributed by atoms with Crippen molar-refractivity contribution in [3.8, 4) is 5.75 Å². The van der Waals surface area contributed by atoms with Crippen molar-refractivity contribution in [3.05, 3.63) is 58.4 Å². The molecule has 5 heteroatoms. The van der Waals surface area contributed by atoms with Gasteiger partial charge in [-0.05, 0) is 47.9 Å². The number of carboxylic acid groups (broad SMARTS) is 1. The van der Waals surface area contributed by atoms with Crippen LogP contribution in [-0.2, 0) is 13.0 Å². The van der Waals surface area contributed by atoms with Crippen molar-refractivity contribution < 1.29 is 14.6 Å². The lowest BCUT2D eigenvalue weighted by atomic mass is 10.1. The fraction of sp³-hybridized carbons (Fsp3) is 0.200. The molecule has 0 amide bonds. The first-order valence-corrected chi connectivity index (χ1v) is 6.57. The lowest BCUT2D eigenvalue weighted by Gasteiger charge is -2.09. The van der Waals surface area contributed by atoms with E-state index < -0.39 is 5.97 Å². The van der Waals surface area contributed by atoms with E-state index in [0.29, 0.717) is 5.75 Å². The first-order valence-electron chi connectivity index (χ1n) is 6.19. The van der Waals surface area contributed by atoms with Crippen molar-refractivity contribution in [2.45, 2.75) is 20.0 Å². The largest absolute Gasteiger partial charge is 0.489 e. The summed E-state index contributed by atoms with van der Waals surface area (Å²) in [5.41, 5.74) is 1.78. The highest BCUT2D eigenvalue weighted by Crippen LogP contribution is 2.23. The summed E-state index contributed by atoms with van der Waals surface area (Å²) in [4.78, 5) is 14.6. The molecule has 0 saturated heterocycles. The molecule has 1 N–H and O–H groups in total. The zero-order valence-corrected chi connectivity index (χ0v) is 11.7. The molecular weight excluding hydrogens is 278 g/mol. The van der Waals surface area contributed by atoms with Crippen LogP contribution in [0.4, 0.5) is 0 Å². The van der Waals surface area contributed by atoms with E-state index in [1.54, 1.807) is 18.2 Å². The van der Waals surface area contributed by atoms with E-state index in [9.17, 15) is 4.79 Å². The normalized spacial score (nSPS) is 10.3. The molecule has 0 spiro atoms. The number of carbonyl (C=O) groups is 1. The second kappa shape index (κ2) is 6.39. The average molecular weight is 292 g/mol. The molecule has 0 aliphatic carbocycles. The molecule has 0 aliphatic rings. The van der Waals surface area contributed by atoms with Crippen molar-refractivity contribution in [1.82, 2.24) is 4.98 Å². The molecule has 0 saturated carbocycles. The molecule has 20 heavy (non-hydrogen) atoms. The molecule has 4 nitrogen and oxygen atoms in total. The lowest BCUT2D eigenvalue weighted by Crippen LogP contribution is -2.03. The summed E-state index contributed by atoms with van der Waals surface area (Å²) in [6.45, 7) is 2.31. The fourth-order valence-corrected chi connectivity index (χ4v) is 2.01. The van der Waals surface area contributed by atoms with Crippen molar-refractivity contribution in [2.24, 2.45) is 0 Å². The number of nitrogens with zero attached hydrogens (tertiary/aromatic N) is 1. The lowest BCUT2D eigenvalue weighted by molar-refractivity contribution is 0.0690. The Morgan fingerprint density at radius 1 is 1.35 bits per heavy atom. The molecule has 0 fully saturated rings. The van der Waals surface area contributed by atoms with Crippen LogP contribution >= 0.6 is 11.6 Å². The van der Waals surface area contributed by atoms with Crippen LogP contribution in [0.2, 0.25) is 5.02 Å². The van der Waals surface area contributed by atoms with Crippen LogP contribution in [0.25, 0.3) is 0 Å². The highest BCUT2D eigenvalue weighted by atomic mass is 35.5. The maximum absolute atomic E-state index is 10.8. The van der Waals surface area contributed by atoms with E-state index in [-0.39, 0.29) is 12.3 Å². The number of ether oxygens (including phenoxy) is 1. The van der Waals surface area contributed by atoms with Gasteiger partial charge in [-0.1, -0.05) is 18.5 Å². The van der Waals surface area contributed by atoms with E-state index in [4.69, 9.17) is 21.4 Å². The Morgan fingerprint density at radius 2 is 2.15 bits per heavy atom. The number of halogens is 1. The van der Waals surface area contributed by atoms with Gasteiger partial charge >= 0.3 is 5.97 Å². The van der Waals surface area contributed by atoms with Gasteiger partial charge in [0.05, 0.1) is 0 Å². The summed E-state index contributed by atoms with van der Waals surface area (Å²) in [5.74, 6) is -0.341. The molecule has 1 aromatic carbocycles. The Morgan fingerprint density at radius 3 is 2.85 bits per heavy atom. The second-order valence-electron chi connectivity index (χ2n) is 4.25. The van der Waals surface area contributed by atoms with Crippen LogP contribution in [0.5, 0.6) is 5.75 Å². The number of rotatable bonds is 5. The summed E-state index contributed by atoms with van der Waals surface area (Å²) in [6.07, 6.45) is 2.29. The van der Waals surface area contributed by atoms with Gasteiger partial charge in [-0.2, -0.15) is 0 Å². The first kappa shape index (κ1) is 14.3. The second-order valence-corrected chi connectivity index (χ2v) is 4.66. The molecule has 104 valence electrons. The van der Waals surface area contributed by atoms with Crippen LogP contribution in [0, 0.1) is 0 Å². The first-order chi connectivity index (χ1) is 9.60. The quantitative estimate of drug-likeness (QED) is 0.915. The number of carboxylic acids is 1. The minimum atomic E-state index is -1.05. The summed E-state index contributed by atoms with van der Waals surface area (Å²) >= 11 is 6.04. The Bertz CT molecular complexity index is 628. The van der Waals surface area contributed by atoms with Crippen molar-refractivity contribution >= 4 is 17.6 Å². The fourth-order valence-electron chi connectivity index (χ4n) is 1.76. The SMILES string of the molecule is CCc1cc(OCc2ccnc(C(=O)O)c2)ccc1Cl. The smallest absolute Gasteiger partial charge is 0.354 e. The molecular formula is C15H14ClNO3. The van der Waals surface area contributed by atoms with Crippen LogP contribution < -0.4 is 4.74 Å². The molecule has 0 bridgehead atoms. The van der Waals surface area contributed by atoms with Gasteiger partial charge in [0.1, 0.15) is 18.1 Å². The van der Waals surface area contributed by atoms with Gasteiger partial charge in [0, 0.05) is 11.2 Å². The molecule has 0 radical (unpaired) electrons. The number of aromatic carboxylic acids is 1. The highest BCUT2D eigenvalue weighted by Gasteiger charge is 2.06. The van der Waals surface area contributed by atoms with Gasteiger partial charge in [0.25, 0.3) is 0 Å². The molecule has 1 aromatic heterocycles. The zero-order valence-electron chi connectivity index (χ0n) is 11.0. The topological polar surface area (TPSA) is 59.4 Å². The van der Waals surface area contributed by atoms with E-state index >= 15 is 0 Å². The molecule has 0 aliphatic heterocycles. The molecule has 1 heterocycles. The average Bonchev–Trinajstić information content (AvgIpc) is 2.46. The molecule has 0 atom stereocenters. The van der Waals surface area contributed by atoms with Crippen LogP contribution in [-0.4, -0.2) is 16.1 Å². The van der Waals surface area contributed by atoms with Crippen LogP contribution in [0.3, 0.4) is 0 Å². The predicted molar refractivity (Wildman–Crippen MR) is 76.4 cm³/mol. The van der Waals surface area contributed by atoms with E-state index in [0.717, 1.165) is 22.6 Å². The van der Waals surface area contributed by atoms with E-state index in [1.807, 2.05) is 13.0 Å². The Labute approximate surface area is 122 Å². The maximum Gasteiger partial charge on any atom is 0.354 e. The number of aryl methyl sites for hydroxylation is 1. The minimum Gasteiger partial charge on any atom is -0.489 e. The summed E-state index contributed by atoms with van der Waals surface area (Å²) in [5, 5.41) is 9.59. The monoisotopic (exact) mass is 291 g/mol. The number of pyridine rings is 1. The van der Waals surface area contributed by atoms with Crippen molar-refractivity contribution in [2.75, 3.05) is 0 Å². The Kier molecular flexibility index (Phi) is 4.58. The molecule has 0 unspecified atom stereocenters. The molecule has 2 rings (SSSR count). The van der Waals surface area contributed by atoms with E-state index in [1.165, 1.54) is 12.3 Å². The Hall–Kier alpha value is -2.07. The third-order valence-electron chi connectivity index (χ3n) is 2.85. The van der Waals surface area contributed by atoms with Gasteiger partial charge in [-0.3, -0.25) is 0 Å².